The Morgan fingerprint density at radius 1 is 1.64 bits per heavy atom. The summed E-state index contributed by atoms with van der Waals surface area (Å²) in [5.41, 5.74) is 0.0365. The lowest BCUT2D eigenvalue weighted by Gasteiger charge is -2.07. The molecule has 1 aromatic heterocycles. The molecule has 0 N–H and O–H groups in total. The van der Waals surface area contributed by atoms with Crippen LogP contribution >= 0.6 is 34.2 Å². The van der Waals surface area contributed by atoms with Gasteiger partial charge in [0, 0.05) is 11.3 Å². The van der Waals surface area contributed by atoms with Crippen molar-refractivity contribution < 1.29 is 13.6 Å². The summed E-state index contributed by atoms with van der Waals surface area (Å²) < 4.78 is 25.0. The third kappa shape index (κ3) is 2.38. The number of rotatable bonds is 2. The molecule has 0 atom stereocenters. The lowest BCUT2D eigenvalue weighted by molar-refractivity contribution is 0.107. The minimum absolute atomic E-state index is 0.109. The summed E-state index contributed by atoms with van der Waals surface area (Å²) in [5, 5.41) is -0.819. The SMILES string of the molecule is Cc1cc(C(F)F)c(I)c(C(=O)Cl)n1. The first kappa shape index (κ1) is 11.8. The fourth-order valence-corrected chi connectivity index (χ4v) is 2.02. The van der Waals surface area contributed by atoms with Crippen molar-refractivity contribution in [3.8, 4) is 0 Å². The minimum Gasteiger partial charge on any atom is -0.274 e. The van der Waals surface area contributed by atoms with Crippen LogP contribution in [-0.4, -0.2) is 10.2 Å². The van der Waals surface area contributed by atoms with Gasteiger partial charge < -0.3 is 0 Å². The van der Waals surface area contributed by atoms with Crippen molar-refractivity contribution in [1.29, 1.82) is 0 Å². The van der Waals surface area contributed by atoms with Crippen molar-refractivity contribution in [3.63, 3.8) is 0 Å². The molecule has 0 bridgehead atoms. The topological polar surface area (TPSA) is 30.0 Å². The van der Waals surface area contributed by atoms with Crippen LogP contribution in [0.2, 0.25) is 0 Å². The molecule has 0 spiro atoms. The van der Waals surface area contributed by atoms with Gasteiger partial charge in [0.05, 0.1) is 3.57 Å². The number of carbonyl (C=O) groups excluding carboxylic acids is 1. The quantitative estimate of drug-likeness (QED) is 0.615. The van der Waals surface area contributed by atoms with Crippen LogP contribution in [-0.2, 0) is 0 Å². The molecule has 0 aliphatic rings. The lowest BCUT2D eigenvalue weighted by Crippen LogP contribution is -2.04. The summed E-state index contributed by atoms with van der Waals surface area (Å²) in [6, 6.07) is 1.25. The van der Waals surface area contributed by atoms with E-state index in [1.807, 2.05) is 0 Å². The summed E-state index contributed by atoms with van der Waals surface area (Å²) in [5.74, 6) is 0. The van der Waals surface area contributed by atoms with E-state index in [9.17, 15) is 13.6 Å². The Morgan fingerprint density at radius 3 is 2.64 bits per heavy atom. The van der Waals surface area contributed by atoms with E-state index in [1.54, 1.807) is 22.6 Å². The summed E-state index contributed by atoms with van der Waals surface area (Å²) in [7, 11) is 0. The summed E-state index contributed by atoms with van der Waals surface area (Å²) >= 11 is 6.85. The van der Waals surface area contributed by atoms with E-state index in [0.717, 1.165) is 0 Å². The molecule has 0 fully saturated rings. The fraction of sp³-hybridized carbons (Fsp3) is 0.250. The van der Waals surface area contributed by atoms with Crippen LogP contribution in [0.4, 0.5) is 8.78 Å². The molecule has 0 aliphatic carbocycles. The normalized spacial score (nSPS) is 10.7. The highest BCUT2D eigenvalue weighted by Crippen LogP contribution is 2.27. The van der Waals surface area contributed by atoms with Gasteiger partial charge in [-0.15, -0.1) is 0 Å². The van der Waals surface area contributed by atoms with E-state index in [4.69, 9.17) is 11.6 Å². The van der Waals surface area contributed by atoms with Gasteiger partial charge in [-0.3, -0.25) is 4.79 Å². The number of alkyl halides is 2. The van der Waals surface area contributed by atoms with Crippen molar-refractivity contribution in [2.75, 3.05) is 0 Å². The van der Waals surface area contributed by atoms with Crippen molar-refractivity contribution in [2.45, 2.75) is 13.3 Å². The predicted molar refractivity (Wildman–Crippen MR) is 56.8 cm³/mol. The first-order chi connectivity index (χ1) is 6.43. The van der Waals surface area contributed by atoms with Gasteiger partial charge in [0.25, 0.3) is 11.7 Å². The molecule has 1 aromatic rings. The van der Waals surface area contributed by atoms with Crippen LogP contribution < -0.4 is 0 Å². The van der Waals surface area contributed by atoms with Gasteiger partial charge in [-0.05, 0) is 47.2 Å². The molecule has 1 heterocycles. The second kappa shape index (κ2) is 4.48. The molecule has 0 saturated heterocycles. The minimum atomic E-state index is -2.63. The number of aryl methyl sites for hydroxylation is 1. The van der Waals surface area contributed by atoms with Crippen LogP contribution in [0.1, 0.15) is 28.2 Å². The predicted octanol–water partition coefficient (Wildman–Crippen LogP) is 3.31. The number of nitrogens with zero attached hydrogens (tertiary/aromatic N) is 1. The van der Waals surface area contributed by atoms with Crippen molar-refractivity contribution >= 4 is 39.4 Å². The molecule has 0 amide bonds. The van der Waals surface area contributed by atoms with E-state index >= 15 is 0 Å². The molecular formula is C8H5ClF2INO. The van der Waals surface area contributed by atoms with Crippen molar-refractivity contribution in [2.24, 2.45) is 0 Å². The number of hydrogen-bond acceptors (Lipinski definition) is 2. The molecule has 0 unspecified atom stereocenters. The Labute approximate surface area is 97.8 Å². The lowest BCUT2D eigenvalue weighted by atomic mass is 10.2. The maximum Gasteiger partial charge on any atom is 0.271 e. The largest absolute Gasteiger partial charge is 0.274 e. The average Bonchev–Trinajstić information content (AvgIpc) is 2.07. The third-order valence-corrected chi connectivity index (χ3v) is 2.85. The van der Waals surface area contributed by atoms with Crippen LogP contribution in [0.5, 0.6) is 0 Å². The molecule has 0 saturated carbocycles. The Morgan fingerprint density at radius 2 is 2.21 bits per heavy atom. The van der Waals surface area contributed by atoms with Gasteiger partial charge >= 0.3 is 0 Å². The molecule has 2 nitrogen and oxygen atoms in total. The zero-order valence-electron chi connectivity index (χ0n) is 7.02. The van der Waals surface area contributed by atoms with E-state index in [2.05, 4.69) is 4.98 Å². The van der Waals surface area contributed by atoms with Crippen molar-refractivity contribution in [3.05, 3.63) is 26.6 Å². The Kier molecular flexibility index (Phi) is 3.77. The second-order valence-corrected chi connectivity index (χ2v) is 4.01. The smallest absolute Gasteiger partial charge is 0.271 e. The molecule has 14 heavy (non-hydrogen) atoms. The highest BCUT2D eigenvalue weighted by molar-refractivity contribution is 14.1. The van der Waals surface area contributed by atoms with Crippen LogP contribution in [0.15, 0.2) is 6.07 Å². The zero-order valence-corrected chi connectivity index (χ0v) is 9.94. The van der Waals surface area contributed by atoms with E-state index in [0.29, 0.717) is 5.69 Å². The fourth-order valence-electron chi connectivity index (χ4n) is 0.972. The number of pyridine rings is 1. The van der Waals surface area contributed by atoms with Crippen molar-refractivity contribution in [1.82, 2.24) is 4.98 Å². The van der Waals surface area contributed by atoms with Gasteiger partial charge in [-0.1, -0.05) is 0 Å². The highest BCUT2D eigenvalue weighted by atomic mass is 127. The third-order valence-electron chi connectivity index (χ3n) is 1.54. The standard InChI is InChI=1S/C8H5ClF2INO/c1-3-2-4(8(10)11)5(12)6(13-3)7(9)14/h2,8H,1H3. The van der Waals surface area contributed by atoms with Crippen LogP contribution in [0.25, 0.3) is 0 Å². The van der Waals surface area contributed by atoms with Gasteiger partial charge in [0.2, 0.25) is 0 Å². The Bertz CT molecular complexity index is 384. The van der Waals surface area contributed by atoms with Crippen LogP contribution in [0.3, 0.4) is 0 Å². The average molecular weight is 331 g/mol. The molecule has 1 rings (SSSR count). The van der Waals surface area contributed by atoms with Gasteiger partial charge in [-0.2, -0.15) is 0 Å². The monoisotopic (exact) mass is 331 g/mol. The van der Waals surface area contributed by atoms with E-state index in [-0.39, 0.29) is 14.8 Å². The number of hydrogen-bond donors (Lipinski definition) is 0. The maximum absolute atomic E-state index is 12.5. The summed E-state index contributed by atoms with van der Waals surface area (Å²) in [6.45, 7) is 1.53. The number of halogens is 4. The summed E-state index contributed by atoms with van der Waals surface area (Å²) in [4.78, 5) is 14.6. The van der Waals surface area contributed by atoms with E-state index < -0.39 is 11.7 Å². The molecular weight excluding hydrogens is 326 g/mol. The number of aromatic nitrogens is 1. The Balaban J connectivity index is 3.40. The molecule has 0 aliphatic heterocycles. The second-order valence-electron chi connectivity index (χ2n) is 2.59. The Hall–Kier alpha value is -0.300. The van der Waals surface area contributed by atoms with Gasteiger partial charge in [-0.25, -0.2) is 13.8 Å². The molecule has 0 aromatic carbocycles. The number of carbonyl (C=O) groups is 1. The van der Waals surface area contributed by atoms with Crippen LogP contribution in [0, 0.1) is 10.5 Å². The first-order valence-corrected chi connectivity index (χ1v) is 5.04. The molecule has 0 radical (unpaired) electrons. The molecule has 6 heteroatoms. The highest BCUT2D eigenvalue weighted by Gasteiger charge is 2.19. The van der Waals surface area contributed by atoms with Gasteiger partial charge in [0.15, 0.2) is 0 Å². The summed E-state index contributed by atoms with van der Waals surface area (Å²) in [6.07, 6.45) is -2.63. The maximum atomic E-state index is 12.5. The van der Waals surface area contributed by atoms with Gasteiger partial charge in [0.1, 0.15) is 5.69 Å². The zero-order chi connectivity index (χ0) is 10.9. The molecule has 76 valence electrons. The first-order valence-electron chi connectivity index (χ1n) is 3.58. The van der Waals surface area contributed by atoms with E-state index in [1.165, 1.54) is 13.0 Å².